The summed E-state index contributed by atoms with van der Waals surface area (Å²) >= 11 is 0. The van der Waals surface area contributed by atoms with Gasteiger partial charge in [-0.25, -0.2) is 0 Å². The van der Waals surface area contributed by atoms with Crippen LogP contribution in [0, 0.1) is 11.3 Å². The Balaban J connectivity index is 2.80. The van der Waals surface area contributed by atoms with Crippen LogP contribution < -0.4 is 0 Å². The van der Waals surface area contributed by atoms with E-state index in [4.69, 9.17) is 10.00 Å². The Morgan fingerprint density at radius 1 is 1.36 bits per heavy atom. The Bertz CT molecular complexity index is 126. The van der Waals surface area contributed by atoms with Crippen molar-refractivity contribution in [2.24, 2.45) is 0 Å². The first-order valence-corrected chi connectivity index (χ1v) is 3.97. The Hall–Kier alpha value is -0.810. The zero-order chi connectivity index (χ0) is 8.36. The van der Waals surface area contributed by atoms with E-state index in [0.717, 1.165) is 19.3 Å². The minimum absolute atomic E-state index is 0.224. The molecule has 0 aliphatic heterocycles. The van der Waals surface area contributed by atoms with E-state index in [1.54, 1.807) is 0 Å². The highest BCUT2D eigenvalue weighted by atomic mass is 16.5. The second kappa shape index (κ2) is 9.19. The quantitative estimate of drug-likeness (QED) is 0.415. The standard InChI is InChI=1S/C9H15NO/c1-2-3-4-5-6-8-11-9-7-10/h2H,1,3-6,8-9H2. The van der Waals surface area contributed by atoms with Crippen LogP contribution in [-0.2, 0) is 4.74 Å². The molecule has 0 unspecified atom stereocenters. The molecule has 0 saturated carbocycles. The minimum atomic E-state index is 0.224. The summed E-state index contributed by atoms with van der Waals surface area (Å²) in [5.74, 6) is 0. The van der Waals surface area contributed by atoms with Crippen LogP contribution in [0.15, 0.2) is 12.7 Å². The number of hydrogen-bond donors (Lipinski definition) is 0. The van der Waals surface area contributed by atoms with Crippen molar-refractivity contribution in [2.75, 3.05) is 13.2 Å². The third kappa shape index (κ3) is 9.19. The molecule has 0 amide bonds. The molecule has 2 nitrogen and oxygen atoms in total. The van der Waals surface area contributed by atoms with Gasteiger partial charge < -0.3 is 4.74 Å². The second-order valence-electron chi connectivity index (χ2n) is 2.35. The zero-order valence-electron chi connectivity index (χ0n) is 6.88. The predicted molar refractivity (Wildman–Crippen MR) is 45.1 cm³/mol. The molecular formula is C9H15NO. The van der Waals surface area contributed by atoms with Crippen LogP contribution in [0.25, 0.3) is 0 Å². The number of unbranched alkanes of at least 4 members (excludes halogenated alkanes) is 3. The Labute approximate surface area is 68.5 Å². The van der Waals surface area contributed by atoms with E-state index < -0.39 is 0 Å². The van der Waals surface area contributed by atoms with Crippen molar-refractivity contribution in [3.8, 4) is 6.07 Å². The van der Waals surface area contributed by atoms with Gasteiger partial charge in [-0.3, -0.25) is 0 Å². The fourth-order valence-electron chi connectivity index (χ4n) is 0.787. The fraction of sp³-hybridized carbons (Fsp3) is 0.667. The van der Waals surface area contributed by atoms with E-state index in [2.05, 4.69) is 6.58 Å². The van der Waals surface area contributed by atoms with Crippen LogP contribution in [0.2, 0.25) is 0 Å². The smallest absolute Gasteiger partial charge is 0.133 e. The van der Waals surface area contributed by atoms with Gasteiger partial charge in [0.15, 0.2) is 0 Å². The van der Waals surface area contributed by atoms with Gasteiger partial charge in [0, 0.05) is 6.61 Å². The molecule has 0 aliphatic carbocycles. The lowest BCUT2D eigenvalue weighted by Crippen LogP contribution is -1.93. The summed E-state index contributed by atoms with van der Waals surface area (Å²) < 4.78 is 4.98. The van der Waals surface area contributed by atoms with Crippen molar-refractivity contribution in [1.82, 2.24) is 0 Å². The van der Waals surface area contributed by atoms with Crippen LogP contribution in [0.5, 0.6) is 0 Å². The number of ether oxygens (including phenoxy) is 1. The van der Waals surface area contributed by atoms with Gasteiger partial charge in [0.05, 0.1) is 6.07 Å². The van der Waals surface area contributed by atoms with Gasteiger partial charge in [-0.2, -0.15) is 5.26 Å². The summed E-state index contributed by atoms with van der Waals surface area (Å²) in [7, 11) is 0. The maximum Gasteiger partial charge on any atom is 0.133 e. The largest absolute Gasteiger partial charge is 0.367 e. The SMILES string of the molecule is C=CCCCCCOCC#N. The minimum Gasteiger partial charge on any atom is -0.367 e. The topological polar surface area (TPSA) is 33.0 Å². The van der Waals surface area contributed by atoms with Gasteiger partial charge in [0.25, 0.3) is 0 Å². The first-order valence-electron chi connectivity index (χ1n) is 3.97. The highest BCUT2D eigenvalue weighted by Crippen LogP contribution is 1.99. The average Bonchev–Trinajstić information content (AvgIpc) is 2.03. The number of allylic oxidation sites excluding steroid dienone is 1. The lowest BCUT2D eigenvalue weighted by Gasteiger charge is -1.97. The molecule has 0 aromatic rings. The molecule has 0 aromatic carbocycles. The van der Waals surface area contributed by atoms with Gasteiger partial charge in [0.2, 0.25) is 0 Å². The van der Waals surface area contributed by atoms with Gasteiger partial charge in [-0.15, -0.1) is 6.58 Å². The molecule has 0 saturated heterocycles. The normalized spacial score (nSPS) is 9.00. The van der Waals surface area contributed by atoms with Crippen LogP contribution in [0.1, 0.15) is 25.7 Å². The molecule has 0 atom stereocenters. The molecule has 0 aromatic heterocycles. The van der Waals surface area contributed by atoms with Crippen LogP contribution in [0.3, 0.4) is 0 Å². The maximum atomic E-state index is 8.12. The molecule has 0 aliphatic rings. The lowest BCUT2D eigenvalue weighted by molar-refractivity contribution is 0.161. The second-order valence-corrected chi connectivity index (χ2v) is 2.35. The molecule has 0 bridgehead atoms. The van der Waals surface area contributed by atoms with Gasteiger partial charge in [-0.1, -0.05) is 12.5 Å². The summed E-state index contributed by atoms with van der Waals surface area (Å²) in [6.07, 6.45) is 6.40. The van der Waals surface area contributed by atoms with Crippen molar-refractivity contribution in [2.45, 2.75) is 25.7 Å². The maximum absolute atomic E-state index is 8.12. The number of hydrogen-bond acceptors (Lipinski definition) is 2. The fourth-order valence-corrected chi connectivity index (χ4v) is 0.787. The Kier molecular flexibility index (Phi) is 8.51. The molecule has 0 spiro atoms. The summed E-state index contributed by atoms with van der Waals surface area (Å²) in [5, 5.41) is 8.12. The third-order valence-corrected chi connectivity index (χ3v) is 1.36. The lowest BCUT2D eigenvalue weighted by atomic mass is 10.2. The van der Waals surface area contributed by atoms with Crippen LogP contribution in [-0.4, -0.2) is 13.2 Å². The van der Waals surface area contributed by atoms with Gasteiger partial charge in [0.1, 0.15) is 6.61 Å². The van der Waals surface area contributed by atoms with Gasteiger partial charge >= 0.3 is 0 Å². The molecule has 0 fully saturated rings. The van der Waals surface area contributed by atoms with Crippen LogP contribution >= 0.6 is 0 Å². The van der Waals surface area contributed by atoms with Crippen molar-refractivity contribution in [3.63, 3.8) is 0 Å². The van der Waals surface area contributed by atoms with E-state index in [-0.39, 0.29) is 6.61 Å². The monoisotopic (exact) mass is 153 g/mol. The van der Waals surface area contributed by atoms with E-state index in [1.807, 2.05) is 12.1 Å². The highest BCUT2D eigenvalue weighted by Gasteiger charge is 1.87. The molecule has 0 heterocycles. The summed E-state index contributed by atoms with van der Waals surface area (Å²) in [5.41, 5.74) is 0. The summed E-state index contributed by atoms with van der Waals surface area (Å²) in [4.78, 5) is 0. The summed E-state index contributed by atoms with van der Waals surface area (Å²) in [6.45, 7) is 4.57. The highest BCUT2D eigenvalue weighted by molar-refractivity contribution is 4.67. The zero-order valence-corrected chi connectivity index (χ0v) is 6.88. The van der Waals surface area contributed by atoms with Crippen molar-refractivity contribution >= 4 is 0 Å². The van der Waals surface area contributed by atoms with E-state index >= 15 is 0 Å². The van der Waals surface area contributed by atoms with Gasteiger partial charge in [-0.05, 0) is 19.3 Å². The average molecular weight is 153 g/mol. The Morgan fingerprint density at radius 3 is 2.82 bits per heavy atom. The predicted octanol–water partition coefficient (Wildman–Crippen LogP) is 2.27. The van der Waals surface area contributed by atoms with Crippen LogP contribution in [0.4, 0.5) is 0 Å². The first kappa shape index (κ1) is 10.2. The van der Waals surface area contributed by atoms with E-state index in [0.29, 0.717) is 6.61 Å². The summed E-state index contributed by atoms with van der Waals surface area (Å²) in [6, 6.07) is 1.93. The molecule has 2 heteroatoms. The molecule has 0 N–H and O–H groups in total. The number of rotatable bonds is 7. The first-order chi connectivity index (χ1) is 5.41. The third-order valence-electron chi connectivity index (χ3n) is 1.36. The molecule has 62 valence electrons. The van der Waals surface area contributed by atoms with Crippen molar-refractivity contribution in [3.05, 3.63) is 12.7 Å². The molecule has 0 radical (unpaired) electrons. The Morgan fingerprint density at radius 2 is 2.18 bits per heavy atom. The van der Waals surface area contributed by atoms with E-state index in [1.165, 1.54) is 6.42 Å². The van der Waals surface area contributed by atoms with E-state index in [9.17, 15) is 0 Å². The number of nitriles is 1. The molecule has 0 rings (SSSR count). The molecule has 11 heavy (non-hydrogen) atoms. The van der Waals surface area contributed by atoms with Crippen molar-refractivity contribution in [1.29, 1.82) is 5.26 Å². The number of nitrogens with zero attached hydrogens (tertiary/aromatic N) is 1. The molecular weight excluding hydrogens is 138 g/mol. The van der Waals surface area contributed by atoms with Crippen molar-refractivity contribution < 1.29 is 4.74 Å².